The van der Waals surface area contributed by atoms with Crippen molar-refractivity contribution in [1.82, 2.24) is 0 Å². The lowest BCUT2D eigenvalue weighted by molar-refractivity contribution is -0.678. The Balaban J connectivity index is 0.000000827. The summed E-state index contributed by atoms with van der Waals surface area (Å²) in [7, 11) is 0. The number of carbonyl (C=O) groups excluding carboxylic acids is 2. The number of para-hydroxylation sites is 2. The molecule has 4 aromatic rings. The van der Waals surface area contributed by atoms with Crippen LogP contribution in [0.3, 0.4) is 0 Å². The van der Waals surface area contributed by atoms with E-state index < -0.39 is 11.9 Å². The molecule has 0 aliphatic carbocycles. The number of nitrogens with zero attached hydrogens (tertiary/aromatic N) is 2. The number of anilines is 2. The van der Waals surface area contributed by atoms with E-state index in [1.165, 1.54) is 147 Å². The van der Waals surface area contributed by atoms with Crippen molar-refractivity contribution in [2.75, 3.05) is 23.7 Å². The molecule has 0 saturated carbocycles. The highest BCUT2D eigenvalue weighted by Gasteiger charge is 2.17. The Morgan fingerprint density at radius 3 is 1.13 bits per heavy atom. The Labute approximate surface area is 312 Å². The molecule has 284 valence electrons. The number of aliphatic carboxylic acids is 2. The highest BCUT2D eigenvalue weighted by atomic mass is 16.4. The molecule has 2 N–H and O–H groups in total. The van der Waals surface area contributed by atoms with E-state index in [0.717, 1.165) is 40.0 Å². The molecule has 2 aliphatic rings. The predicted molar refractivity (Wildman–Crippen MR) is 210 cm³/mol. The van der Waals surface area contributed by atoms with Crippen LogP contribution in [0.1, 0.15) is 128 Å². The van der Waals surface area contributed by atoms with Crippen molar-refractivity contribution in [3.63, 3.8) is 0 Å². The summed E-state index contributed by atoms with van der Waals surface area (Å²) < 4.78 is 5.09. The maximum absolute atomic E-state index is 8.89. The first-order valence-electron chi connectivity index (χ1n) is 19.9. The number of pyridine rings is 2. The van der Waals surface area contributed by atoms with Gasteiger partial charge >= 0.3 is 0 Å². The van der Waals surface area contributed by atoms with Gasteiger partial charge in [0.15, 0.2) is 11.4 Å². The molecule has 8 nitrogen and oxygen atoms in total. The summed E-state index contributed by atoms with van der Waals surface area (Å²) in [6.45, 7) is 10.9. The van der Waals surface area contributed by atoms with Crippen LogP contribution < -0.4 is 30.0 Å². The van der Waals surface area contributed by atoms with Crippen molar-refractivity contribution in [3.05, 3.63) is 72.1 Å². The fourth-order valence-corrected chi connectivity index (χ4v) is 7.23. The average Bonchev–Trinajstić information content (AvgIpc) is 3.10. The number of hydrogen-bond acceptors (Lipinski definition) is 6. The van der Waals surface area contributed by atoms with Gasteiger partial charge in [-0.1, -0.05) is 88.5 Å². The van der Waals surface area contributed by atoms with Gasteiger partial charge in [0.05, 0.1) is 22.1 Å². The van der Waals surface area contributed by atoms with Gasteiger partial charge in [-0.2, -0.15) is 9.13 Å². The minimum atomic E-state index is -1.08. The van der Waals surface area contributed by atoms with E-state index >= 15 is 0 Å². The largest absolute Gasteiger partial charge is 0.550 e. The van der Waals surface area contributed by atoms with Crippen LogP contribution in [0.4, 0.5) is 11.4 Å². The second-order valence-electron chi connectivity index (χ2n) is 14.2. The van der Waals surface area contributed by atoms with Crippen LogP contribution in [0.25, 0.3) is 21.8 Å². The monoisotopic (exact) mass is 712 g/mol. The van der Waals surface area contributed by atoms with Crippen LogP contribution in [0.15, 0.2) is 60.7 Å². The minimum Gasteiger partial charge on any atom is -0.550 e. The third-order valence-corrected chi connectivity index (χ3v) is 9.78. The number of carboxylic acid groups (broad SMARTS) is 2. The van der Waals surface area contributed by atoms with Crippen LogP contribution in [0.5, 0.6) is 0 Å². The summed E-state index contributed by atoms with van der Waals surface area (Å²) in [5.41, 5.74) is 8.11. The molecule has 2 aromatic carbocycles. The first-order valence-corrected chi connectivity index (χ1v) is 19.9. The molecule has 0 saturated heterocycles. The second kappa shape index (κ2) is 24.1. The van der Waals surface area contributed by atoms with Crippen LogP contribution in [-0.2, 0) is 22.7 Å². The highest BCUT2D eigenvalue weighted by Crippen LogP contribution is 2.24. The van der Waals surface area contributed by atoms with Gasteiger partial charge in [-0.05, 0) is 51.7 Å². The highest BCUT2D eigenvalue weighted by molar-refractivity contribution is 5.90. The molecule has 6 rings (SSSR count). The first kappa shape index (κ1) is 42.2. The third kappa shape index (κ3) is 15.2. The fourth-order valence-electron chi connectivity index (χ4n) is 7.23. The SMILES string of the molecule is CC(=O)[O-].CC(=O)[O-].Cc1cc2c3ccccc3[n+]1CCCCCCCCCCNc1cc(C)[n+](c3ccccc13)CCCCCCCCCCN2. The molecular weight excluding hydrogens is 649 g/mol. The topological polar surface area (TPSA) is 112 Å². The third-order valence-electron chi connectivity index (χ3n) is 9.78. The lowest BCUT2D eigenvalue weighted by atomic mass is 10.1. The van der Waals surface area contributed by atoms with Crippen molar-refractivity contribution in [1.29, 1.82) is 0 Å². The van der Waals surface area contributed by atoms with E-state index in [-0.39, 0.29) is 0 Å². The van der Waals surface area contributed by atoms with Crippen LogP contribution in [0.2, 0.25) is 0 Å². The van der Waals surface area contributed by atoms with E-state index in [1.54, 1.807) is 0 Å². The Morgan fingerprint density at radius 2 is 0.788 bits per heavy atom. The number of fused-ring (bicyclic) bond motifs is 22. The number of aromatic nitrogens is 2. The van der Waals surface area contributed by atoms with Crippen molar-refractivity contribution >= 4 is 45.1 Å². The molecule has 0 atom stereocenters. The summed E-state index contributed by atoms with van der Waals surface area (Å²) in [6.07, 6.45) is 21.2. The smallest absolute Gasteiger partial charge is 0.214 e. The second-order valence-corrected chi connectivity index (χ2v) is 14.2. The molecule has 2 aliphatic heterocycles. The zero-order valence-electron chi connectivity index (χ0n) is 32.4. The minimum absolute atomic E-state index is 0.972. The van der Waals surface area contributed by atoms with Gasteiger partial charge < -0.3 is 30.4 Å². The lowest BCUT2D eigenvalue weighted by Gasteiger charge is -2.12. The number of rotatable bonds is 0. The summed E-state index contributed by atoms with van der Waals surface area (Å²) in [5.74, 6) is -2.17. The number of carboxylic acids is 2. The van der Waals surface area contributed by atoms with Crippen molar-refractivity contribution in [3.8, 4) is 0 Å². The molecule has 0 radical (unpaired) electrons. The van der Waals surface area contributed by atoms with Gasteiger partial charge in [0.2, 0.25) is 11.0 Å². The van der Waals surface area contributed by atoms with Gasteiger partial charge in [0.1, 0.15) is 13.1 Å². The summed E-state index contributed by atoms with van der Waals surface area (Å²) in [4.78, 5) is 17.8. The quantitative estimate of drug-likeness (QED) is 0.183. The van der Waals surface area contributed by atoms with Crippen molar-refractivity contribution < 1.29 is 28.9 Å². The number of hydrogen-bond donors (Lipinski definition) is 2. The fraction of sp³-hybridized carbons (Fsp3) is 0.545. The molecular formula is C44H64N4O4. The predicted octanol–water partition coefficient (Wildman–Crippen LogP) is 7.48. The maximum atomic E-state index is 8.89. The van der Waals surface area contributed by atoms with Gasteiger partial charge in [-0.15, -0.1) is 0 Å². The molecule has 0 unspecified atom stereocenters. The van der Waals surface area contributed by atoms with Crippen LogP contribution in [0, 0.1) is 13.8 Å². The van der Waals surface area contributed by atoms with Gasteiger partial charge in [0, 0.05) is 76.0 Å². The Hall–Kier alpha value is -4.20. The molecule has 52 heavy (non-hydrogen) atoms. The van der Waals surface area contributed by atoms with E-state index in [9.17, 15) is 0 Å². The number of benzene rings is 2. The van der Waals surface area contributed by atoms with Crippen molar-refractivity contribution in [2.24, 2.45) is 0 Å². The molecule has 0 fully saturated rings. The molecule has 4 bridgehead atoms. The number of aryl methyl sites for hydroxylation is 4. The summed E-state index contributed by atoms with van der Waals surface area (Å²) in [5, 5.41) is 28.1. The van der Waals surface area contributed by atoms with Crippen LogP contribution >= 0.6 is 0 Å². The molecule has 2 aromatic heterocycles. The molecule has 4 heterocycles. The summed E-state index contributed by atoms with van der Waals surface area (Å²) >= 11 is 0. The number of carbonyl (C=O) groups is 2. The van der Waals surface area contributed by atoms with Gasteiger partial charge in [-0.3, -0.25) is 0 Å². The van der Waals surface area contributed by atoms with E-state index in [1.807, 2.05) is 0 Å². The number of nitrogens with one attached hydrogen (secondary N) is 2. The maximum Gasteiger partial charge on any atom is 0.214 e. The lowest BCUT2D eigenvalue weighted by Crippen LogP contribution is -2.38. The molecule has 0 amide bonds. The Kier molecular flexibility index (Phi) is 19.6. The van der Waals surface area contributed by atoms with E-state index in [0.29, 0.717) is 0 Å². The van der Waals surface area contributed by atoms with E-state index in [4.69, 9.17) is 19.8 Å². The van der Waals surface area contributed by atoms with Crippen molar-refractivity contribution in [2.45, 2.75) is 144 Å². The Bertz CT molecular complexity index is 1540. The average molecular weight is 713 g/mol. The normalized spacial score (nSPS) is 15.9. The first-order chi connectivity index (χ1) is 25.2. The molecule has 8 heteroatoms. The van der Waals surface area contributed by atoms with E-state index in [2.05, 4.69) is 94.3 Å². The standard InChI is InChI=1S/C40H56N4.2C2H4O2/c1-33-31-37-35-23-15-17-25-39(35)43(33)29-21-13-9-5-3-8-12-20-28-42-38-32-34(2)44(40-26-18-16-24-36(38)40)30-22-14-10-6-4-7-11-19-27-41-37;2*1-2(3)4/h15-18,23-26,31-32H,3-14,19-22,27-30H2,1-2H3;2*1H3,(H,3,4). The van der Waals surface area contributed by atoms with Gasteiger partial charge in [-0.25, -0.2) is 0 Å². The Morgan fingerprint density at radius 1 is 0.500 bits per heavy atom. The summed E-state index contributed by atoms with van der Waals surface area (Å²) in [6, 6.07) is 22.7. The van der Waals surface area contributed by atoms with Gasteiger partial charge in [0.25, 0.3) is 0 Å². The zero-order valence-corrected chi connectivity index (χ0v) is 32.4. The van der Waals surface area contributed by atoms with Crippen LogP contribution in [-0.4, -0.2) is 25.0 Å². The molecule has 0 spiro atoms. The zero-order chi connectivity index (χ0) is 37.6.